The number of nitrogens with one attached hydrogen (secondary N) is 1. The number of anilines is 3. The molecular weight excluding hydrogens is 364 g/mol. The average molecular weight is 385 g/mol. The molecule has 5 rings (SSSR count). The maximum absolute atomic E-state index is 13.4. The van der Waals surface area contributed by atoms with E-state index in [-0.39, 0.29) is 7.11 Å². The molecule has 0 spiro atoms. The van der Waals surface area contributed by atoms with Gasteiger partial charge < -0.3 is 15.0 Å². The number of benzene rings is 2. The molecule has 6 nitrogen and oxygen atoms in total. The minimum absolute atomic E-state index is 0. The zero-order valence-electron chi connectivity index (χ0n) is 15.3. The van der Waals surface area contributed by atoms with Gasteiger partial charge in [-0.3, -0.25) is 0 Å². The van der Waals surface area contributed by atoms with Crippen molar-refractivity contribution in [1.82, 2.24) is 14.8 Å². The number of ether oxygens (including phenoxy) is 1. The van der Waals surface area contributed by atoms with Crippen LogP contribution in [0.1, 0.15) is 13.4 Å². The number of hydrogen-bond acceptors (Lipinski definition) is 5. The maximum atomic E-state index is 13.4. The monoisotopic (exact) mass is 385 g/mol. The van der Waals surface area contributed by atoms with Crippen LogP contribution in [-0.2, 0) is 4.74 Å². The number of rotatable bonds is 4. The van der Waals surface area contributed by atoms with Gasteiger partial charge >= 0.3 is 0 Å². The van der Waals surface area contributed by atoms with Crippen LogP contribution in [0, 0.1) is 18.6 Å². The fourth-order valence-corrected chi connectivity index (χ4v) is 3.96. The van der Waals surface area contributed by atoms with Gasteiger partial charge in [-0.05, 0) is 49.2 Å². The van der Waals surface area contributed by atoms with Crippen LogP contribution in [-0.4, -0.2) is 40.1 Å². The lowest BCUT2D eigenvalue weighted by molar-refractivity contribution is 0.0991. The molecule has 2 aromatic carbocycles. The molecule has 1 aromatic heterocycles. The van der Waals surface area contributed by atoms with Crippen LogP contribution in [0.4, 0.5) is 26.1 Å². The summed E-state index contributed by atoms with van der Waals surface area (Å²) in [4.78, 5) is 6.59. The predicted octanol–water partition coefficient (Wildman–Crippen LogP) is 3.82. The van der Waals surface area contributed by atoms with Gasteiger partial charge in [-0.15, -0.1) is 5.10 Å². The Morgan fingerprint density at radius 2 is 1.93 bits per heavy atom. The lowest BCUT2D eigenvalue weighted by Gasteiger charge is -2.29. The average Bonchev–Trinajstić information content (AvgIpc) is 3.37. The fraction of sp³-hybridized carbons (Fsp3) is 0.300. The lowest BCUT2D eigenvalue weighted by atomic mass is 10.1. The summed E-state index contributed by atoms with van der Waals surface area (Å²) in [6, 6.07) is 9.90. The molecule has 2 saturated heterocycles. The van der Waals surface area contributed by atoms with Crippen molar-refractivity contribution in [3.8, 4) is 5.69 Å². The lowest BCUT2D eigenvalue weighted by Crippen LogP contribution is -2.36. The summed E-state index contributed by atoms with van der Waals surface area (Å²) in [6.45, 7) is 3.73. The Labute approximate surface area is 162 Å². The molecule has 0 unspecified atom stereocenters. The first-order valence-corrected chi connectivity index (χ1v) is 9.18. The Morgan fingerprint density at radius 3 is 2.64 bits per heavy atom. The van der Waals surface area contributed by atoms with E-state index in [1.165, 1.54) is 23.1 Å². The summed E-state index contributed by atoms with van der Waals surface area (Å²) in [5.41, 5.74) is 3.40. The van der Waals surface area contributed by atoms with Gasteiger partial charge in [0.25, 0.3) is 0 Å². The zero-order chi connectivity index (χ0) is 19.3. The number of aryl methyl sites for hydroxylation is 1. The van der Waals surface area contributed by atoms with Gasteiger partial charge in [-0.25, -0.2) is 13.5 Å². The Morgan fingerprint density at radius 1 is 1.11 bits per heavy atom. The van der Waals surface area contributed by atoms with Crippen molar-refractivity contribution in [3.05, 3.63) is 59.9 Å². The van der Waals surface area contributed by atoms with Gasteiger partial charge in [0.2, 0.25) is 5.95 Å². The van der Waals surface area contributed by atoms with E-state index >= 15 is 0 Å². The molecular formula is C20H21F2N5O. The van der Waals surface area contributed by atoms with Gasteiger partial charge in [0, 0.05) is 25.4 Å². The standard InChI is InChI=1S/C20H19F2N5O.H2/c1-12-2-15(7-16(3-12)26-9-19-8-18(26)10-28-19)24-20-23-11-27(25-20)17-5-13(21)4-14(22)6-17;/h2-7,11,18-19H,8-10H2,1H3,(H,24,25);1H/t18-,19-;/m1./s1. The molecule has 0 amide bonds. The molecule has 28 heavy (non-hydrogen) atoms. The van der Waals surface area contributed by atoms with E-state index in [2.05, 4.69) is 32.4 Å². The summed E-state index contributed by atoms with van der Waals surface area (Å²) in [7, 11) is 0. The van der Waals surface area contributed by atoms with Gasteiger partial charge in [-0.1, -0.05) is 0 Å². The van der Waals surface area contributed by atoms with E-state index < -0.39 is 11.6 Å². The molecule has 146 valence electrons. The fourth-order valence-electron chi connectivity index (χ4n) is 3.96. The van der Waals surface area contributed by atoms with Crippen LogP contribution < -0.4 is 10.2 Å². The second-order valence-corrected chi connectivity index (χ2v) is 7.32. The van der Waals surface area contributed by atoms with Crippen molar-refractivity contribution in [2.75, 3.05) is 23.4 Å². The summed E-state index contributed by atoms with van der Waals surface area (Å²) >= 11 is 0. The number of hydrogen-bond donors (Lipinski definition) is 1. The first kappa shape index (κ1) is 17.1. The van der Waals surface area contributed by atoms with E-state index in [0.29, 0.717) is 18.1 Å². The van der Waals surface area contributed by atoms with Crippen LogP contribution >= 0.6 is 0 Å². The van der Waals surface area contributed by atoms with E-state index in [0.717, 1.165) is 42.6 Å². The van der Waals surface area contributed by atoms with Gasteiger partial charge in [0.1, 0.15) is 18.0 Å². The smallest absolute Gasteiger partial charge is 0.246 e. The van der Waals surface area contributed by atoms with Crippen molar-refractivity contribution in [2.45, 2.75) is 25.5 Å². The zero-order valence-corrected chi connectivity index (χ0v) is 15.3. The van der Waals surface area contributed by atoms with Crippen molar-refractivity contribution in [3.63, 3.8) is 0 Å². The minimum atomic E-state index is -0.660. The van der Waals surface area contributed by atoms with E-state index in [1.54, 1.807) is 0 Å². The molecule has 0 aliphatic carbocycles. The molecule has 2 aliphatic rings. The van der Waals surface area contributed by atoms with Crippen molar-refractivity contribution >= 4 is 17.3 Å². The van der Waals surface area contributed by atoms with Gasteiger partial charge in [-0.2, -0.15) is 4.98 Å². The SMILES string of the molecule is Cc1cc(Nc2ncn(-c3cc(F)cc(F)c3)n2)cc(N2C[C@H]3C[C@@H]2CO3)c1.[HH]. The summed E-state index contributed by atoms with van der Waals surface area (Å²) < 4.78 is 33.9. The molecule has 3 heterocycles. The molecule has 0 radical (unpaired) electrons. The largest absolute Gasteiger partial charge is 0.374 e. The minimum Gasteiger partial charge on any atom is -0.374 e. The summed E-state index contributed by atoms with van der Waals surface area (Å²) in [5, 5.41) is 7.46. The Bertz CT molecular complexity index is 1020. The van der Waals surface area contributed by atoms with E-state index in [9.17, 15) is 8.78 Å². The number of nitrogens with zero attached hydrogens (tertiary/aromatic N) is 4. The topological polar surface area (TPSA) is 55.2 Å². The second-order valence-electron chi connectivity index (χ2n) is 7.32. The highest BCUT2D eigenvalue weighted by molar-refractivity contribution is 5.65. The van der Waals surface area contributed by atoms with Crippen LogP contribution in [0.15, 0.2) is 42.7 Å². The molecule has 0 saturated carbocycles. The third-order valence-electron chi connectivity index (χ3n) is 5.15. The van der Waals surface area contributed by atoms with Gasteiger partial charge in [0.05, 0.1) is 24.4 Å². The first-order valence-electron chi connectivity index (χ1n) is 9.18. The highest BCUT2D eigenvalue weighted by Crippen LogP contribution is 2.34. The third-order valence-corrected chi connectivity index (χ3v) is 5.15. The number of fused-ring (bicyclic) bond motifs is 2. The van der Waals surface area contributed by atoms with E-state index in [1.807, 2.05) is 13.0 Å². The maximum Gasteiger partial charge on any atom is 0.246 e. The van der Waals surface area contributed by atoms with E-state index in [4.69, 9.17) is 4.74 Å². The number of halogens is 2. The summed E-state index contributed by atoms with van der Waals surface area (Å²) in [5.74, 6) is -0.966. The molecule has 2 atom stereocenters. The molecule has 2 aliphatic heterocycles. The number of aromatic nitrogens is 3. The van der Waals surface area contributed by atoms with Crippen molar-refractivity contribution in [2.24, 2.45) is 0 Å². The second kappa shape index (κ2) is 6.56. The Kier molecular flexibility index (Phi) is 4.01. The Balaban J connectivity index is 0.00000205. The molecule has 3 aromatic rings. The molecule has 1 N–H and O–H groups in total. The number of morpholine rings is 1. The highest BCUT2D eigenvalue weighted by atomic mass is 19.1. The molecule has 2 fully saturated rings. The van der Waals surface area contributed by atoms with Crippen molar-refractivity contribution < 1.29 is 14.9 Å². The highest BCUT2D eigenvalue weighted by Gasteiger charge is 2.39. The van der Waals surface area contributed by atoms with Gasteiger partial charge in [0.15, 0.2) is 0 Å². The van der Waals surface area contributed by atoms with Crippen LogP contribution in [0.2, 0.25) is 0 Å². The third kappa shape index (κ3) is 3.20. The first-order chi connectivity index (χ1) is 13.5. The quantitative estimate of drug-likeness (QED) is 0.740. The van der Waals surface area contributed by atoms with Crippen molar-refractivity contribution in [1.29, 1.82) is 0 Å². The molecule has 8 heteroatoms. The normalized spacial score (nSPS) is 20.8. The van der Waals surface area contributed by atoms with Crippen LogP contribution in [0.25, 0.3) is 5.69 Å². The van der Waals surface area contributed by atoms with Crippen LogP contribution in [0.3, 0.4) is 0 Å². The predicted molar refractivity (Wildman–Crippen MR) is 103 cm³/mol. The summed E-state index contributed by atoms with van der Waals surface area (Å²) in [6.07, 6.45) is 2.82. The van der Waals surface area contributed by atoms with Crippen LogP contribution in [0.5, 0.6) is 0 Å². The Hall–Kier alpha value is -3.00. The molecule has 2 bridgehead atoms.